The van der Waals surface area contributed by atoms with Crippen LogP contribution in [-0.2, 0) is 4.79 Å². The Hall–Kier alpha value is -2.38. The lowest BCUT2D eigenvalue weighted by Crippen LogP contribution is -2.38. The molecule has 1 saturated heterocycles. The van der Waals surface area contributed by atoms with E-state index in [1.54, 1.807) is 12.1 Å². The molecule has 0 saturated carbocycles. The van der Waals surface area contributed by atoms with E-state index in [-0.39, 0.29) is 13.0 Å². The van der Waals surface area contributed by atoms with Crippen LogP contribution in [0.1, 0.15) is 18.0 Å². The van der Waals surface area contributed by atoms with Crippen LogP contribution in [0.25, 0.3) is 10.9 Å². The van der Waals surface area contributed by atoms with Crippen LogP contribution in [0.5, 0.6) is 0 Å². The fourth-order valence-corrected chi connectivity index (χ4v) is 2.89. The van der Waals surface area contributed by atoms with Gasteiger partial charge in [0, 0.05) is 6.54 Å². The van der Waals surface area contributed by atoms with Crippen molar-refractivity contribution in [1.29, 1.82) is 0 Å². The van der Waals surface area contributed by atoms with Crippen LogP contribution in [0.3, 0.4) is 0 Å². The van der Waals surface area contributed by atoms with Crippen molar-refractivity contribution < 1.29 is 18.0 Å². The maximum Gasteiger partial charge on any atom is 0.406 e. The Morgan fingerprint density at radius 2 is 2.04 bits per heavy atom. The lowest BCUT2D eigenvalue weighted by atomic mass is 10.1. The number of nitrogens with zero attached hydrogens (tertiary/aromatic N) is 3. The normalized spacial score (nSPS) is 18.9. The Morgan fingerprint density at radius 3 is 2.74 bits per heavy atom. The lowest BCUT2D eigenvalue weighted by Gasteiger charge is -2.19. The number of carbonyl (C=O) groups excluding carboxylic acids is 1. The number of likely N-dealkylation sites (tertiary alicyclic amines) is 1. The molecule has 0 N–H and O–H groups in total. The SMILES string of the molecule is Cc1cccc2c(=O)n([C@H]3CCN(CC(F)(F)F)C3=O)cnc12. The number of alkyl halides is 3. The molecule has 1 aromatic carbocycles. The van der Waals surface area contributed by atoms with Crippen LogP contribution >= 0.6 is 0 Å². The molecular weight excluding hydrogens is 311 g/mol. The van der Waals surface area contributed by atoms with Crippen molar-refractivity contribution in [3.05, 3.63) is 40.4 Å². The van der Waals surface area contributed by atoms with Crippen molar-refractivity contribution in [3.63, 3.8) is 0 Å². The van der Waals surface area contributed by atoms with E-state index in [1.165, 1.54) is 6.33 Å². The molecule has 23 heavy (non-hydrogen) atoms. The molecule has 1 fully saturated rings. The van der Waals surface area contributed by atoms with E-state index >= 15 is 0 Å². The summed E-state index contributed by atoms with van der Waals surface area (Å²) < 4.78 is 38.5. The Morgan fingerprint density at radius 1 is 1.30 bits per heavy atom. The van der Waals surface area contributed by atoms with E-state index in [0.717, 1.165) is 15.0 Å². The largest absolute Gasteiger partial charge is 0.406 e. The number of rotatable bonds is 2. The highest BCUT2D eigenvalue weighted by molar-refractivity contribution is 5.84. The summed E-state index contributed by atoms with van der Waals surface area (Å²) in [6.45, 7) is 0.489. The molecule has 0 aliphatic carbocycles. The molecule has 1 atom stereocenters. The number of hydrogen-bond acceptors (Lipinski definition) is 3. The van der Waals surface area contributed by atoms with E-state index in [0.29, 0.717) is 10.9 Å². The molecule has 1 aromatic heterocycles. The summed E-state index contributed by atoms with van der Waals surface area (Å²) in [6.07, 6.45) is -3.04. The van der Waals surface area contributed by atoms with Crippen LogP contribution in [0.15, 0.2) is 29.3 Å². The minimum atomic E-state index is -4.45. The van der Waals surface area contributed by atoms with Gasteiger partial charge in [-0.25, -0.2) is 4.98 Å². The molecular formula is C15H14F3N3O2. The Bertz CT molecular complexity index is 829. The monoisotopic (exact) mass is 325 g/mol. The first kappa shape index (κ1) is 15.5. The lowest BCUT2D eigenvalue weighted by molar-refractivity contribution is -0.158. The van der Waals surface area contributed by atoms with Crippen LogP contribution in [-0.4, -0.2) is 39.6 Å². The van der Waals surface area contributed by atoms with Gasteiger partial charge in [-0.15, -0.1) is 0 Å². The molecule has 1 aliphatic rings. The van der Waals surface area contributed by atoms with Crippen molar-refractivity contribution in [3.8, 4) is 0 Å². The zero-order valence-corrected chi connectivity index (χ0v) is 12.3. The maximum absolute atomic E-state index is 12.5. The first-order valence-corrected chi connectivity index (χ1v) is 7.10. The molecule has 1 amide bonds. The molecule has 122 valence electrons. The molecule has 5 nitrogen and oxygen atoms in total. The number of amides is 1. The van der Waals surface area contributed by atoms with Crippen molar-refractivity contribution in [1.82, 2.24) is 14.5 Å². The van der Waals surface area contributed by atoms with Gasteiger partial charge in [0.25, 0.3) is 5.56 Å². The number of aromatic nitrogens is 2. The Labute approximate surface area is 129 Å². The molecule has 2 aromatic rings. The number of fused-ring (bicyclic) bond motifs is 1. The number of aryl methyl sites for hydroxylation is 1. The topological polar surface area (TPSA) is 55.2 Å². The summed E-state index contributed by atoms with van der Waals surface area (Å²) in [5, 5.41) is 0.356. The molecule has 1 aliphatic heterocycles. The molecule has 8 heteroatoms. The zero-order chi connectivity index (χ0) is 16.8. The average Bonchev–Trinajstić information content (AvgIpc) is 2.80. The van der Waals surface area contributed by atoms with Crippen molar-refractivity contribution in [2.75, 3.05) is 13.1 Å². The van der Waals surface area contributed by atoms with Gasteiger partial charge in [0.05, 0.1) is 17.2 Å². The second-order valence-corrected chi connectivity index (χ2v) is 5.61. The smallest absolute Gasteiger partial charge is 0.332 e. The summed E-state index contributed by atoms with van der Waals surface area (Å²) in [6, 6.07) is 4.19. The highest BCUT2D eigenvalue weighted by atomic mass is 19.4. The Kier molecular flexibility index (Phi) is 3.62. The standard InChI is InChI=1S/C15H14F3N3O2/c1-9-3-2-4-10-12(9)19-8-21(13(10)22)11-5-6-20(14(11)23)7-15(16,17)18/h2-4,8,11H,5-7H2,1H3/t11-/m0/s1. The van der Waals surface area contributed by atoms with Gasteiger partial charge in [-0.3, -0.25) is 14.2 Å². The molecule has 2 heterocycles. The summed E-state index contributed by atoms with van der Waals surface area (Å²) in [7, 11) is 0. The number of halogens is 3. The minimum absolute atomic E-state index is 0.0265. The van der Waals surface area contributed by atoms with E-state index in [9.17, 15) is 22.8 Å². The quantitative estimate of drug-likeness (QED) is 0.849. The number of hydrogen-bond donors (Lipinski definition) is 0. The maximum atomic E-state index is 12.5. The van der Waals surface area contributed by atoms with E-state index in [2.05, 4.69) is 4.98 Å². The summed E-state index contributed by atoms with van der Waals surface area (Å²) in [5.74, 6) is -0.696. The third-order valence-electron chi connectivity index (χ3n) is 3.99. The number of para-hydroxylation sites is 1. The highest BCUT2D eigenvalue weighted by Gasteiger charge is 2.40. The summed E-state index contributed by atoms with van der Waals surface area (Å²) in [4.78, 5) is 29.6. The third-order valence-corrected chi connectivity index (χ3v) is 3.99. The van der Waals surface area contributed by atoms with E-state index in [1.807, 2.05) is 13.0 Å². The van der Waals surface area contributed by atoms with Crippen LogP contribution in [0, 0.1) is 6.92 Å². The van der Waals surface area contributed by atoms with Crippen LogP contribution < -0.4 is 5.56 Å². The minimum Gasteiger partial charge on any atom is -0.332 e. The van der Waals surface area contributed by atoms with Crippen molar-refractivity contribution in [2.45, 2.75) is 25.6 Å². The highest BCUT2D eigenvalue weighted by Crippen LogP contribution is 2.26. The van der Waals surface area contributed by atoms with Gasteiger partial charge in [-0.2, -0.15) is 13.2 Å². The van der Waals surface area contributed by atoms with Gasteiger partial charge in [-0.1, -0.05) is 12.1 Å². The van der Waals surface area contributed by atoms with Gasteiger partial charge >= 0.3 is 6.18 Å². The predicted octanol–water partition coefficient (Wildman–Crippen LogP) is 2.04. The van der Waals surface area contributed by atoms with Gasteiger partial charge < -0.3 is 4.90 Å². The molecule has 0 bridgehead atoms. The van der Waals surface area contributed by atoms with Gasteiger partial charge in [-0.05, 0) is 25.0 Å². The second kappa shape index (κ2) is 5.36. The van der Waals surface area contributed by atoms with Crippen LogP contribution in [0.4, 0.5) is 13.2 Å². The Balaban J connectivity index is 1.97. The third kappa shape index (κ3) is 2.80. The summed E-state index contributed by atoms with van der Waals surface area (Å²) >= 11 is 0. The molecule has 0 radical (unpaired) electrons. The fraction of sp³-hybridized carbons (Fsp3) is 0.400. The average molecular weight is 325 g/mol. The molecule has 0 spiro atoms. The second-order valence-electron chi connectivity index (χ2n) is 5.61. The summed E-state index contributed by atoms with van der Waals surface area (Å²) in [5.41, 5.74) is 0.945. The van der Waals surface area contributed by atoms with Crippen LogP contribution in [0.2, 0.25) is 0 Å². The number of carbonyl (C=O) groups is 1. The predicted molar refractivity (Wildman–Crippen MR) is 77.0 cm³/mol. The molecule has 0 unspecified atom stereocenters. The van der Waals surface area contributed by atoms with Gasteiger partial charge in [0.1, 0.15) is 12.6 Å². The van der Waals surface area contributed by atoms with Gasteiger partial charge in [0.15, 0.2) is 0 Å². The van der Waals surface area contributed by atoms with E-state index < -0.39 is 30.2 Å². The van der Waals surface area contributed by atoms with Gasteiger partial charge in [0.2, 0.25) is 5.91 Å². The van der Waals surface area contributed by atoms with Crippen molar-refractivity contribution >= 4 is 16.8 Å². The molecule has 3 rings (SSSR count). The van der Waals surface area contributed by atoms with E-state index in [4.69, 9.17) is 0 Å². The zero-order valence-electron chi connectivity index (χ0n) is 12.3. The first-order chi connectivity index (χ1) is 10.8. The number of benzene rings is 1. The fourth-order valence-electron chi connectivity index (χ4n) is 2.89. The first-order valence-electron chi connectivity index (χ1n) is 7.10. The van der Waals surface area contributed by atoms with Crippen molar-refractivity contribution in [2.24, 2.45) is 0 Å².